The van der Waals surface area contributed by atoms with E-state index in [4.69, 9.17) is 0 Å². The van der Waals surface area contributed by atoms with Crippen LogP contribution in [0.1, 0.15) is 20.8 Å². The maximum Gasteiger partial charge on any atom is 0.252 e. The largest absolute Gasteiger partial charge is 0.252 e. The smallest absolute Gasteiger partial charge is 0.233 e. The number of hydrogen-bond acceptors (Lipinski definition) is 5. The van der Waals surface area contributed by atoms with Gasteiger partial charge in [-0.2, -0.15) is 0 Å². The Morgan fingerprint density at radius 2 is 1.86 bits per heavy atom. The van der Waals surface area contributed by atoms with Crippen molar-refractivity contribution in [2.24, 2.45) is 4.99 Å². The normalized spacial score (nSPS) is 20.9. The molecule has 0 aliphatic carbocycles. The van der Waals surface area contributed by atoms with Crippen LogP contribution in [0, 0.1) is 0 Å². The summed E-state index contributed by atoms with van der Waals surface area (Å²) in [5.41, 5.74) is 0. The minimum atomic E-state index is -3.85. The van der Waals surface area contributed by atoms with E-state index < -0.39 is 29.3 Å². The van der Waals surface area contributed by atoms with Crippen molar-refractivity contribution < 1.29 is 16.8 Å². The zero-order valence-corrected chi connectivity index (χ0v) is 9.68. The van der Waals surface area contributed by atoms with Crippen molar-refractivity contribution >= 4 is 24.1 Å². The lowest BCUT2D eigenvalue weighted by atomic mass is 10.6. The predicted molar refractivity (Wildman–Crippen MR) is 54.2 cm³/mol. The molecule has 0 atom stereocenters. The van der Waals surface area contributed by atoms with Crippen LogP contribution in [0.5, 0.6) is 0 Å². The molecule has 0 fully saturated rings. The molecule has 0 saturated carbocycles. The molecule has 0 saturated heterocycles. The van der Waals surface area contributed by atoms with Crippen molar-refractivity contribution in [3.8, 4) is 0 Å². The van der Waals surface area contributed by atoms with E-state index in [2.05, 4.69) is 4.99 Å². The first-order valence-electron chi connectivity index (χ1n) is 3.94. The quantitative estimate of drug-likeness (QED) is 0.663. The highest BCUT2D eigenvalue weighted by Crippen LogP contribution is 2.22. The molecule has 0 aromatic rings. The third kappa shape index (κ3) is 1.50. The van der Waals surface area contributed by atoms with Crippen LogP contribution in [0.25, 0.3) is 0 Å². The Hall–Kier alpha value is -0.690. The van der Waals surface area contributed by atoms with Crippen molar-refractivity contribution in [3.05, 3.63) is 11.1 Å². The van der Waals surface area contributed by atoms with E-state index in [-0.39, 0.29) is 4.91 Å². The number of hydrogen-bond donors (Lipinski definition) is 0. The third-order valence-corrected chi connectivity index (χ3v) is 6.58. The molecule has 7 heteroatoms. The van der Waals surface area contributed by atoms with Crippen LogP contribution in [-0.4, -0.2) is 26.5 Å². The summed E-state index contributed by atoms with van der Waals surface area (Å²) in [4.78, 5) is 3.41. The van der Waals surface area contributed by atoms with E-state index in [1.165, 1.54) is 20.8 Å². The van der Waals surface area contributed by atoms with Gasteiger partial charge in [0.25, 0.3) is 4.38 Å². The molecule has 14 heavy (non-hydrogen) atoms. The van der Waals surface area contributed by atoms with Gasteiger partial charge in [-0.3, -0.25) is 0 Å². The van der Waals surface area contributed by atoms with Crippen molar-refractivity contribution in [2.75, 3.05) is 0 Å². The Kier molecular flexibility index (Phi) is 2.57. The summed E-state index contributed by atoms with van der Waals surface area (Å²) in [5.74, 6) is 0. The first kappa shape index (κ1) is 11.4. The minimum absolute atomic E-state index is 0.0308. The van der Waals surface area contributed by atoms with Crippen molar-refractivity contribution in [1.82, 2.24) is 0 Å². The minimum Gasteiger partial charge on any atom is -0.233 e. The molecule has 5 nitrogen and oxygen atoms in total. The second-order valence-electron chi connectivity index (χ2n) is 3.23. The molecule has 0 bridgehead atoms. The lowest BCUT2D eigenvalue weighted by Crippen LogP contribution is -2.28. The molecule has 80 valence electrons. The van der Waals surface area contributed by atoms with Crippen LogP contribution < -0.4 is 0 Å². The second kappa shape index (κ2) is 3.16. The fourth-order valence-electron chi connectivity index (χ4n) is 0.848. The van der Waals surface area contributed by atoms with Crippen LogP contribution in [-0.2, 0) is 19.7 Å². The maximum atomic E-state index is 11.6. The van der Waals surface area contributed by atoms with E-state index in [0.29, 0.717) is 0 Å². The monoisotopic (exact) mass is 237 g/mol. The highest BCUT2D eigenvalue weighted by molar-refractivity contribution is 8.33. The molecule has 0 spiro atoms. The van der Waals surface area contributed by atoms with Gasteiger partial charge in [0.05, 0.1) is 10.2 Å². The Morgan fingerprint density at radius 1 is 1.36 bits per heavy atom. The molecule has 0 aromatic carbocycles. The molecule has 0 unspecified atom stereocenters. The summed E-state index contributed by atoms with van der Waals surface area (Å²) in [5, 5.41) is -0.782. The Balaban J connectivity index is 3.35. The fourth-order valence-corrected chi connectivity index (χ4v) is 4.30. The van der Waals surface area contributed by atoms with Crippen molar-refractivity contribution in [1.29, 1.82) is 0 Å². The average Bonchev–Trinajstić information content (AvgIpc) is 2.27. The lowest BCUT2D eigenvalue weighted by Gasteiger charge is -2.06. The van der Waals surface area contributed by atoms with E-state index in [0.717, 1.165) is 6.20 Å². The second-order valence-corrected chi connectivity index (χ2v) is 7.95. The SMILES string of the molecule is CC1=CN=C(S(=O)(=O)C(C)C)S1(=O)=O. The van der Waals surface area contributed by atoms with Crippen LogP contribution >= 0.6 is 0 Å². The summed E-state index contributed by atoms with van der Waals surface area (Å²) in [6.07, 6.45) is 1.06. The first-order valence-corrected chi connectivity index (χ1v) is 6.97. The summed E-state index contributed by atoms with van der Waals surface area (Å²) in [7, 11) is -7.65. The zero-order valence-electron chi connectivity index (χ0n) is 8.05. The van der Waals surface area contributed by atoms with E-state index in [1.54, 1.807) is 0 Å². The molecule has 1 aliphatic rings. The number of rotatable bonds is 1. The van der Waals surface area contributed by atoms with E-state index >= 15 is 0 Å². The molecule has 0 radical (unpaired) electrons. The number of allylic oxidation sites excluding steroid dienone is 1. The summed E-state index contributed by atoms with van der Waals surface area (Å²) in [6, 6.07) is 0. The van der Waals surface area contributed by atoms with Gasteiger partial charge in [0.15, 0.2) is 0 Å². The topological polar surface area (TPSA) is 80.6 Å². The molecular weight excluding hydrogens is 226 g/mol. The van der Waals surface area contributed by atoms with Crippen LogP contribution in [0.2, 0.25) is 0 Å². The highest BCUT2D eigenvalue weighted by Gasteiger charge is 2.38. The molecule has 1 rings (SSSR count). The summed E-state index contributed by atoms with van der Waals surface area (Å²) >= 11 is 0. The number of nitrogens with zero attached hydrogens (tertiary/aromatic N) is 1. The number of sulfone groups is 2. The predicted octanol–water partition coefficient (Wildman–Crippen LogP) is 0.455. The molecule has 0 amide bonds. The van der Waals surface area contributed by atoms with Crippen molar-refractivity contribution in [2.45, 2.75) is 26.0 Å². The Bertz CT molecular complexity index is 508. The number of aliphatic imine (C=N–C) groups is 1. The molecule has 0 aromatic heterocycles. The van der Waals surface area contributed by atoms with Gasteiger partial charge in [0.2, 0.25) is 19.7 Å². The van der Waals surface area contributed by atoms with Gasteiger partial charge in [0.1, 0.15) is 0 Å². The average molecular weight is 237 g/mol. The van der Waals surface area contributed by atoms with Gasteiger partial charge in [-0.15, -0.1) is 0 Å². The molecule has 0 N–H and O–H groups in total. The van der Waals surface area contributed by atoms with Gasteiger partial charge in [-0.1, -0.05) is 0 Å². The maximum absolute atomic E-state index is 11.6. The van der Waals surface area contributed by atoms with Crippen LogP contribution in [0.3, 0.4) is 0 Å². The van der Waals surface area contributed by atoms with Crippen LogP contribution in [0.4, 0.5) is 0 Å². The zero-order chi connectivity index (χ0) is 11.1. The summed E-state index contributed by atoms with van der Waals surface area (Å²) in [6.45, 7) is 4.16. The molecular formula is C7H11NO4S2. The lowest BCUT2D eigenvalue weighted by molar-refractivity contribution is 0.598. The van der Waals surface area contributed by atoms with E-state index in [9.17, 15) is 16.8 Å². The van der Waals surface area contributed by atoms with Gasteiger partial charge >= 0.3 is 0 Å². The first-order chi connectivity index (χ1) is 6.20. The molecule has 1 heterocycles. The van der Waals surface area contributed by atoms with Gasteiger partial charge in [-0.25, -0.2) is 21.8 Å². The van der Waals surface area contributed by atoms with Gasteiger partial charge < -0.3 is 0 Å². The van der Waals surface area contributed by atoms with Gasteiger partial charge in [-0.05, 0) is 20.8 Å². The van der Waals surface area contributed by atoms with Crippen LogP contribution in [0.15, 0.2) is 16.1 Å². The van der Waals surface area contributed by atoms with Gasteiger partial charge in [0, 0.05) is 6.20 Å². The fraction of sp³-hybridized carbons (Fsp3) is 0.571. The standard InChI is InChI=1S/C7H11NO4S2/c1-5(2)13(9,10)7-8-4-6(3)14(7,11)12/h4-5H,1-3H3. The Morgan fingerprint density at radius 3 is 2.14 bits per heavy atom. The van der Waals surface area contributed by atoms with E-state index in [1.807, 2.05) is 0 Å². The highest BCUT2D eigenvalue weighted by atomic mass is 32.3. The molecule has 1 aliphatic heterocycles. The third-order valence-electron chi connectivity index (χ3n) is 1.87. The van der Waals surface area contributed by atoms with Crippen molar-refractivity contribution in [3.63, 3.8) is 0 Å². The summed E-state index contributed by atoms with van der Waals surface area (Å²) < 4.78 is 45.3. The Labute approximate surface area is 83.4 Å².